The van der Waals surface area contributed by atoms with E-state index in [1.165, 1.54) is 5.56 Å². The number of nitriles is 1. The van der Waals surface area contributed by atoms with Crippen LogP contribution in [0.25, 0.3) is 0 Å². The van der Waals surface area contributed by atoms with Crippen molar-refractivity contribution in [2.45, 2.75) is 38.3 Å². The van der Waals surface area contributed by atoms with Crippen LogP contribution in [-0.2, 0) is 11.2 Å². The lowest BCUT2D eigenvalue weighted by Crippen LogP contribution is -2.47. The molecule has 2 heterocycles. The summed E-state index contributed by atoms with van der Waals surface area (Å²) in [5, 5.41) is 19.7. The third kappa shape index (κ3) is 4.60. The zero-order valence-electron chi connectivity index (χ0n) is 15.6. The molecule has 140 valence electrons. The van der Waals surface area contributed by atoms with E-state index >= 15 is 0 Å². The summed E-state index contributed by atoms with van der Waals surface area (Å²) in [6.07, 6.45) is 0.332. The zero-order valence-corrected chi connectivity index (χ0v) is 15.6. The summed E-state index contributed by atoms with van der Waals surface area (Å²) in [6, 6.07) is 13.1. The molecule has 7 heteroatoms. The van der Waals surface area contributed by atoms with Crippen molar-refractivity contribution in [3.05, 3.63) is 53.2 Å². The monoisotopic (exact) mass is 364 g/mol. The molecule has 0 aliphatic carbocycles. The molecule has 1 saturated heterocycles. The van der Waals surface area contributed by atoms with E-state index in [2.05, 4.69) is 41.5 Å². The van der Waals surface area contributed by atoms with Gasteiger partial charge in [0.1, 0.15) is 6.07 Å². The lowest BCUT2D eigenvalue weighted by molar-refractivity contribution is -0.121. The zero-order chi connectivity index (χ0) is 19.4. The molecule has 1 aromatic heterocycles. The van der Waals surface area contributed by atoms with Gasteiger partial charge in [-0.1, -0.05) is 38.1 Å². The summed E-state index contributed by atoms with van der Waals surface area (Å²) in [5.41, 5.74) is 8.72. The van der Waals surface area contributed by atoms with Crippen LogP contribution in [0.3, 0.4) is 0 Å². The Bertz CT molecular complexity index is 825. The van der Waals surface area contributed by atoms with Gasteiger partial charge < -0.3 is 16.0 Å². The summed E-state index contributed by atoms with van der Waals surface area (Å²) in [4.78, 5) is 14.4. The average molecular weight is 364 g/mol. The smallest absolute Gasteiger partial charge is 0.224 e. The van der Waals surface area contributed by atoms with Gasteiger partial charge in [-0.15, -0.1) is 10.2 Å². The molecule has 27 heavy (non-hydrogen) atoms. The van der Waals surface area contributed by atoms with Crippen molar-refractivity contribution < 1.29 is 4.79 Å². The molecule has 0 saturated carbocycles. The van der Waals surface area contributed by atoms with Crippen LogP contribution in [0.4, 0.5) is 5.82 Å². The molecule has 1 aromatic carbocycles. The van der Waals surface area contributed by atoms with Crippen molar-refractivity contribution in [1.82, 2.24) is 15.5 Å². The molecular weight excluding hydrogens is 340 g/mol. The molecule has 2 aromatic rings. The van der Waals surface area contributed by atoms with E-state index in [0.29, 0.717) is 31.2 Å². The van der Waals surface area contributed by atoms with Crippen molar-refractivity contribution in [2.75, 3.05) is 18.0 Å². The van der Waals surface area contributed by atoms with Gasteiger partial charge >= 0.3 is 0 Å². The second-order valence-corrected chi connectivity index (χ2v) is 7.20. The Hall–Kier alpha value is -2.98. The number of hydrogen-bond donors (Lipinski definition) is 2. The molecule has 3 rings (SSSR count). The van der Waals surface area contributed by atoms with E-state index < -0.39 is 0 Å². The minimum atomic E-state index is -0.185. The number of aromatic nitrogens is 2. The number of hydrogen-bond acceptors (Lipinski definition) is 6. The number of carbonyl (C=O) groups excluding carboxylic acids is 1. The van der Waals surface area contributed by atoms with Gasteiger partial charge in [-0.25, -0.2) is 0 Å². The van der Waals surface area contributed by atoms with Gasteiger partial charge in [-0.05, 0) is 29.2 Å². The Balaban J connectivity index is 1.56. The van der Waals surface area contributed by atoms with Gasteiger partial charge in [-0.3, -0.25) is 4.79 Å². The van der Waals surface area contributed by atoms with Gasteiger partial charge in [0.05, 0.1) is 12.5 Å². The summed E-state index contributed by atoms with van der Waals surface area (Å²) in [5.74, 6) is 1.09. The van der Waals surface area contributed by atoms with Crippen molar-refractivity contribution in [1.29, 1.82) is 5.26 Å². The van der Waals surface area contributed by atoms with Crippen molar-refractivity contribution >= 4 is 11.7 Å². The van der Waals surface area contributed by atoms with Gasteiger partial charge in [0.2, 0.25) is 5.91 Å². The second kappa shape index (κ2) is 8.14. The quantitative estimate of drug-likeness (QED) is 0.829. The molecule has 0 spiro atoms. The first-order valence-corrected chi connectivity index (χ1v) is 9.09. The summed E-state index contributed by atoms with van der Waals surface area (Å²) < 4.78 is 0. The first kappa shape index (κ1) is 18.8. The van der Waals surface area contributed by atoms with E-state index in [1.807, 2.05) is 23.1 Å². The molecular formula is C20H24N6O. The normalized spacial score (nSPS) is 19.1. The Morgan fingerprint density at radius 3 is 2.59 bits per heavy atom. The third-order valence-corrected chi connectivity index (χ3v) is 4.81. The molecule has 1 amide bonds. The number of nitrogens with zero attached hydrogens (tertiary/aromatic N) is 4. The van der Waals surface area contributed by atoms with E-state index in [4.69, 9.17) is 11.0 Å². The SMILES string of the molecule is CC(C)c1ccc(CC(=O)N[C@@H]2CN(c3ccc(C#N)nn3)C[C@@H]2N)cc1. The van der Waals surface area contributed by atoms with Crippen molar-refractivity contribution in [2.24, 2.45) is 5.73 Å². The van der Waals surface area contributed by atoms with Crippen LogP contribution >= 0.6 is 0 Å². The van der Waals surface area contributed by atoms with Crippen LogP contribution in [0.2, 0.25) is 0 Å². The Labute approximate surface area is 159 Å². The van der Waals surface area contributed by atoms with Crippen LogP contribution in [0.15, 0.2) is 36.4 Å². The molecule has 2 atom stereocenters. The van der Waals surface area contributed by atoms with Crippen LogP contribution in [0.5, 0.6) is 0 Å². The van der Waals surface area contributed by atoms with E-state index in [-0.39, 0.29) is 23.7 Å². The highest BCUT2D eigenvalue weighted by Crippen LogP contribution is 2.18. The summed E-state index contributed by atoms with van der Waals surface area (Å²) in [7, 11) is 0. The fraction of sp³-hybridized carbons (Fsp3) is 0.400. The molecule has 7 nitrogen and oxygen atoms in total. The number of carbonyl (C=O) groups is 1. The minimum absolute atomic E-state index is 0.0412. The number of anilines is 1. The Morgan fingerprint density at radius 2 is 2.00 bits per heavy atom. The molecule has 3 N–H and O–H groups in total. The van der Waals surface area contributed by atoms with E-state index in [0.717, 1.165) is 5.56 Å². The maximum atomic E-state index is 12.4. The average Bonchev–Trinajstić information content (AvgIpc) is 3.02. The number of rotatable bonds is 5. The number of benzene rings is 1. The predicted octanol–water partition coefficient (Wildman–Crippen LogP) is 1.35. The van der Waals surface area contributed by atoms with Gasteiger partial charge in [-0.2, -0.15) is 5.26 Å². The van der Waals surface area contributed by atoms with Crippen LogP contribution in [0.1, 0.15) is 36.6 Å². The highest BCUT2D eigenvalue weighted by Gasteiger charge is 2.32. The molecule has 0 bridgehead atoms. The highest BCUT2D eigenvalue weighted by molar-refractivity contribution is 5.79. The van der Waals surface area contributed by atoms with Crippen molar-refractivity contribution in [3.8, 4) is 6.07 Å². The van der Waals surface area contributed by atoms with Gasteiger partial charge in [0, 0.05) is 19.1 Å². The molecule has 1 aliphatic heterocycles. The maximum Gasteiger partial charge on any atom is 0.224 e. The molecule has 1 fully saturated rings. The van der Waals surface area contributed by atoms with E-state index in [1.54, 1.807) is 12.1 Å². The Morgan fingerprint density at radius 1 is 1.26 bits per heavy atom. The topological polar surface area (TPSA) is 108 Å². The lowest BCUT2D eigenvalue weighted by Gasteiger charge is -2.17. The van der Waals surface area contributed by atoms with Crippen LogP contribution in [0, 0.1) is 11.3 Å². The van der Waals surface area contributed by atoms with Gasteiger partial charge in [0.25, 0.3) is 0 Å². The minimum Gasteiger partial charge on any atom is -0.351 e. The standard InChI is InChI=1S/C20H24N6O/c1-13(2)15-5-3-14(4-6-15)9-20(27)23-18-12-26(11-17(18)22)19-8-7-16(10-21)24-25-19/h3-8,13,17-18H,9,11-12,22H2,1-2H3,(H,23,27)/t17-,18+/m0/s1. The highest BCUT2D eigenvalue weighted by atomic mass is 16.1. The number of nitrogens with two attached hydrogens (primary N) is 1. The molecule has 0 unspecified atom stereocenters. The van der Waals surface area contributed by atoms with Crippen LogP contribution in [-0.4, -0.2) is 41.3 Å². The van der Waals surface area contributed by atoms with E-state index in [9.17, 15) is 4.79 Å². The number of nitrogens with one attached hydrogen (secondary N) is 1. The Kier molecular flexibility index (Phi) is 5.67. The predicted molar refractivity (Wildman–Crippen MR) is 103 cm³/mol. The fourth-order valence-electron chi connectivity index (χ4n) is 3.19. The summed E-state index contributed by atoms with van der Waals surface area (Å²) >= 11 is 0. The maximum absolute atomic E-state index is 12.4. The second-order valence-electron chi connectivity index (χ2n) is 7.20. The first-order chi connectivity index (χ1) is 13.0. The van der Waals surface area contributed by atoms with Gasteiger partial charge in [0.15, 0.2) is 11.5 Å². The first-order valence-electron chi connectivity index (χ1n) is 9.09. The number of amides is 1. The third-order valence-electron chi connectivity index (χ3n) is 4.81. The molecule has 1 aliphatic rings. The fourth-order valence-corrected chi connectivity index (χ4v) is 3.19. The van der Waals surface area contributed by atoms with Crippen molar-refractivity contribution in [3.63, 3.8) is 0 Å². The summed E-state index contributed by atoms with van der Waals surface area (Å²) in [6.45, 7) is 5.44. The lowest BCUT2D eigenvalue weighted by atomic mass is 10.0. The van der Waals surface area contributed by atoms with Crippen LogP contribution < -0.4 is 16.0 Å². The largest absolute Gasteiger partial charge is 0.351 e. The molecule has 0 radical (unpaired) electrons.